The predicted molar refractivity (Wildman–Crippen MR) is 125 cm³/mol. The summed E-state index contributed by atoms with van der Waals surface area (Å²) < 4.78 is 5.28. The van der Waals surface area contributed by atoms with Gasteiger partial charge < -0.3 is 30.9 Å². The number of aliphatic hydroxyl groups is 2. The molecule has 1 rings (SSSR count). The number of hydrogen-bond donors (Lipinski definition) is 5. The lowest BCUT2D eigenvalue weighted by molar-refractivity contribution is -0.130. The van der Waals surface area contributed by atoms with Crippen molar-refractivity contribution in [2.45, 2.75) is 84.2 Å². The third kappa shape index (κ3) is 11.2. The van der Waals surface area contributed by atoms with Crippen molar-refractivity contribution in [1.29, 1.82) is 0 Å². The van der Waals surface area contributed by atoms with E-state index in [0.717, 1.165) is 5.56 Å². The Hall–Kier alpha value is -2.65. The van der Waals surface area contributed by atoms with Gasteiger partial charge >= 0.3 is 6.09 Å². The molecule has 186 valence electrons. The first-order valence-electron chi connectivity index (χ1n) is 11.3. The second-order valence-electron chi connectivity index (χ2n) is 9.61. The minimum absolute atomic E-state index is 0.176. The van der Waals surface area contributed by atoms with Gasteiger partial charge in [-0.1, -0.05) is 44.2 Å². The van der Waals surface area contributed by atoms with Gasteiger partial charge in [0.05, 0.1) is 18.8 Å². The molecule has 0 fully saturated rings. The highest BCUT2D eigenvalue weighted by Crippen LogP contribution is 2.10. The monoisotopic (exact) mass is 465 g/mol. The number of carbonyl (C=O) groups is 3. The topological polar surface area (TPSA) is 137 Å². The average molecular weight is 466 g/mol. The van der Waals surface area contributed by atoms with E-state index in [1.54, 1.807) is 20.8 Å². The second-order valence-corrected chi connectivity index (χ2v) is 9.61. The van der Waals surface area contributed by atoms with Crippen molar-refractivity contribution in [3.63, 3.8) is 0 Å². The molecule has 1 aromatic carbocycles. The van der Waals surface area contributed by atoms with Crippen LogP contribution in [0.1, 0.15) is 53.5 Å². The maximum absolute atomic E-state index is 13.0. The van der Waals surface area contributed by atoms with Gasteiger partial charge in [-0.25, -0.2) is 4.79 Å². The second kappa shape index (κ2) is 13.2. The largest absolute Gasteiger partial charge is 0.444 e. The number of carbonyl (C=O) groups excluding carboxylic acids is 3. The molecule has 0 heterocycles. The Kier molecular flexibility index (Phi) is 11.3. The Morgan fingerprint density at radius 2 is 1.58 bits per heavy atom. The van der Waals surface area contributed by atoms with Gasteiger partial charge in [0.1, 0.15) is 17.7 Å². The zero-order chi connectivity index (χ0) is 25.2. The van der Waals surface area contributed by atoms with Crippen molar-refractivity contribution < 1.29 is 29.3 Å². The Morgan fingerprint density at radius 3 is 2.09 bits per heavy atom. The van der Waals surface area contributed by atoms with E-state index in [-0.39, 0.29) is 12.3 Å². The summed E-state index contributed by atoms with van der Waals surface area (Å²) in [5, 5.41) is 27.2. The van der Waals surface area contributed by atoms with Crippen LogP contribution in [0.4, 0.5) is 4.79 Å². The summed E-state index contributed by atoms with van der Waals surface area (Å²) in [6.45, 7) is 10.1. The number of ether oxygens (including phenoxy) is 1. The molecule has 0 bridgehead atoms. The predicted octanol–water partition coefficient (Wildman–Crippen LogP) is 1.51. The van der Waals surface area contributed by atoms with Crippen molar-refractivity contribution in [2.75, 3.05) is 6.61 Å². The molecule has 0 radical (unpaired) electrons. The molecule has 0 aliphatic carbocycles. The molecule has 4 atom stereocenters. The number of alkyl carbamates (subject to hydrolysis) is 1. The van der Waals surface area contributed by atoms with E-state index in [0.29, 0.717) is 6.42 Å². The van der Waals surface area contributed by atoms with Crippen molar-refractivity contribution in [2.24, 2.45) is 5.92 Å². The van der Waals surface area contributed by atoms with E-state index < -0.39 is 54.3 Å². The van der Waals surface area contributed by atoms with E-state index in [9.17, 15) is 24.6 Å². The van der Waals surface area contributed by atoms with E-state index in [4.69, 9.17) is 4.74 Å². The van der Waals surface area contributed by atoms with Gasteiger partial charge in [0.25, 0.3) is 0 Å². The van der Waals surface area contributed by atoms with Gasteiger partial charge in [-0.15, -0.1) is 0 Å². The standard InChI is InChI=1S/C24H39N3O6/c1-15(2)12-18(20(29)14-28)26-21(30)16(3)25-22(31)19(13-17-10-8-7-9-11-17)27-23(32)33-24(4,5)6/h7-11,15-16,18-20,28-29H,12-14H2,1-6H3,(H,25,31)(H,26,30)(H,27,32)/t16-,18-,19-,20-/m0/s1. The van der Waals surface area contributed by atoms with Gasteiger partial charge in [0.2, 0.25) is 11.8 Å². The fraction of sp³-hybridized carbons (Fsp3) is 0.625. The summed E-state index contributed by atoms with van der Waals surface area (Å²) >= 11 is 0. The molecule has 0 saturated heterocycles. The first-order valence-corrected chi connectivity index (χ1v) is 11.3. The number of amides is 3. The lowest BCUT2D eigenvalue weighted by Crippen LogP contribution is -2.56. The molecule has 33 heavy (non-hydrogen) atoms. The summed E-state index contributed by atoms with van der Waals surface area (Å²) in [6.07, 6.45) is -1.18. The minimum atomic E-state index is -1.11. The lowest BCUT2D eigenvalue weighted by Gasteiger charge is -2.27. The van der Waals surface area contributed by atoms with E-state index in [1.165, 1.54) is 6.92 Å². The van der Waals surface area contributed by atoms with Gasteiger partial charge in [-0.3, -0.25) is 9.59 Å². The van der Waals surface area contributed by atoms with Crippen LogP contribution in [0, 0.1) is 5.92 Å². The van der Waals surface area contributed by atoms with Crippen LogP contribution in [-0.2, 0) is 20.7 Å². The Bertz CT molecular complexity index is 763. The van der Waals surface area contributed by atoms with Crippen molar-refractivity contribution in [3.05, 3.63) is 35.9 Å². The third-order valence-corrected chi connectivity index (χ3v) is 4.75. The SMILES string of the molecule is CC(C)C[C@H](NC(=O)[C@H](C)NC(=O)[C@H](Cc1ccccc1)NC(=O)OC(C)(C)C)[C@@H](O)CO. The quantitative estimate of drug-likeness (QED) is 0.336. The van der Waals surface area contributed by atoms with Crippen LogP contribution in [0.15, 0.2) is 30.3 Å². The fourth-order valence-electron chi connectivity index (χ4n) is 3.14. The van der Waals surface area contributed by atoms with Crippen LogP contribution in [0.5, 0.6) is 0 Å². The summed E-state index contributed by atoms with van der Waals surface area (Å²) in [4.78, 5) is 37.9. The molecule has 0 saturated carbocycles. The smallest absolute Gasteiger partial charge is 0.408 e. The number of nitrogens with one attached hydrogen (secondary N) is 3. The first-order chi connectivity index (χ1) is 15.3. The highest BCUT2D eigenvalue weighted by atomic mass is 16.6. The van der Waals surface area contributed by atoms with Crippen LogP contribution >= 0.6 is 0 Å². The van der Waals surface area contributed by atoms with Gasteiger partial charge in [0.15, 0.2) is 0 Å². The summed E-state index contributed by atoms with van der Waals surface area (Å²) in [5.41, 5.74) is 0.0955. The number of rotatable bonds is 11. The molecule has 0 aromatic heterocycles. The number of aliphatic hydroxyl groups excluding tert-OH is 2. The Morgan fingerprint density at radius 1 is 0.970 bits per heavy atom. The van der Waals surface area contributed by atoms with E-state index >= 15 is 0 Å². The zero-order valence-electron chi connectivity index (χ0n) is 20.4. The fourth-order valence-corrected chi connectivity index (χ4v) is 3.14. The molecule has 1 aromatic rings. The highest BCUT2D eigenvalue weighted by molar-refractivity contribution is 5.91. The molecule has 3 amide bonds. The van der Waals surface area contributed by atoms with Crippen LogP contribution in [0.25, 0.3) is 0 Å². The van der Waals surface area contributed by atoms with Crippen molar-refractivity contribution in [1.82, 2.24) is 16.0 Å². The zero-order valence-corrected chi connectivity index (χ0v) is 20.4. The van der Waals surface area contributed by atoms with Crippen molar-refractivity contribution >= 4 is 17.9 Å². The van der Waals surface area contributed by atoms with Gasteiger partial charge in [-0.05, 0) is 45.6 Å². The molecule has 0 spiro atoms. The maximum atomic E-state index is 13.0. The first kappa shape index (κ1) is 28.4. The molecule has 5 N–H and O–H groups in total. The third-order valence-electron chi connectivity index (χ3n) is 4.75. The molecular formula is C24H39N3O6. The normalized spacial score (nSPS) is 15.2. The summed E-state index contributed by atoms with van der Waals surface area (Å²) in [6, 6.07) is 6.62. The van der Waals surface area contributed by atoms with Crippen molar-refractivity contribution in [3.8, 4) is 0 Å². The summed E-state index contributed by atoms with van der Waals surface area (Å²) in [5.74, 6) is -0.873. The molecule has 0 unspecified atom stereocenters. The average Bonchev–Trinajstić information content (AvgIpc) is 2.71. The highest BCUT2D eigenvalue weighted by Gasteiger charge is 2.29. The van der Waals surface area contributed by atoms with Gasteiger partial charge in [0, 0.05) is 6.42 Å². The molecular weight excluding hydrogens is 426 g/mol. The number of hydrogen-bond acceptors (Lipinski definition) is 6. The van der Waals surface area contributed by atoms with Gasteiger partial charge in [-0.2, -0.15) is 0 Å². The molecule has 9 nitrogen and oxygen atoms in total. The maximum Gasteiger partial charge on any atom is 0.408 e. The number of benzene rings is 1. The van der Waals surface area contributed by atoms with Crippen LogP contribution in [0.2, 0.25) is 0 Å². The Balaban J connectivity index is 2.88. The van der Waals surface area contributed by atoms with E-state index in [2.05, 4.69) is 16.0 Å². The van der Waals surface area contributed by atoms with Crippen LogP contribution < -0.4 is 16.0 Å². The lowest BCUT2D eigenvalue weighted by atomic mass is 9.99. The summed E-state index contributed by atoms with van der Waals surface area (Å²) in [7, 11) is 0. The Labute approximate surface area is 196 Å². The molecule has 9 heteroatoms. The minimum Gasteiger partial charge on any atom is -0.444 e. The molecule has 0 aliphatic rings. The van der Waals surface area contributed by atoms with Crippen LogP contribution in [-0.4, -0.2) is 64.6 Å². The van der Waals surface area contributed by atoms with E-state index in [1.807, 2.05) is 44.2 Å². The molecule has 0 aliphatic heterocycles. The van der Waals surface area contributed by atoms with Crippen LogP contribution in [0.3, 0.4) is 0 Å².